The molecule has 1 amide bonds. The Bertz CT molecular complexity index is 612. The number of aromatic nitrogens is 1. The summed E-state index contributed by atoms with van der Waals surface area (Å²) in [4.78, 5) is 18.9. The van der Waals surface area contributed by atoms with Crippen LogP contribution in [0.1, 0.15) is 20.8 Å². The van der Waals surface area contributed by atoms with Gasteiger partial charge in [-0.1, -0.05) is 35.6 Å². The van der Waals surface area contributed by atoms with Crippen LogP contribution in [0, 0.1) is 0 Å². The molecule has 3 N–H and O–H groups in total. The molecule has 0 unspecified atom stereocenters. The molecule has 0 aliphatic carbocycles. The van der Waals surface area contributed by atoms with Crippen molar-refractivity contribution in [1.29, 1.82) is 0 Å². The second kappa shape index (κ2) is 4.55. The Balaban J connectivity index is 1.85. The van der Waals surface area contributed by atoms with E-state index in [1.165, 1.54) is 22.5 Å². The Morgan fingerprint density at radius 2 is 2.00 bits per heavy atom. The third kappa shape index (κ3) is 2.04. The van der Waals surface area contributed by atoms with E-state index in [2.05, 4.69) is 22.4 Å². The first-order valence-electron chi connectivity index (χ1n) is 5.99. The van der Waals surface area contributed by atoms with E-state index in [4.69, 9.17) is 5.73 Å². The fraction of sp³-hybridized carbons (Fsp3) is 0.231. The summed E-state index contributed by atoms with van der Waals surface area (Å²) in [5, 5.41) is 3.57. The van der Waals surface area contributed by atoms with Gasteiger partial charge in [0.15, 0.2) is 5.13 Å². The Morgan fingerprint density at radius 1 is 1.37 bits per heavy atom. The number of thiazole rings is 1. The highest BCUT2D eigenvalue weighted by molar-refractivity contribution is 7.18. The molecule has 5 nitrogen and oxygen atoms in total. The minimum Gasteiger partial charge on any atom is -0.382 e. The van der Waals surface area contributed by atoms with Crippen molar-refractivity contribution in [2.24, 2.45) is 0 Å². The molecule has 1 aliphatic rings. The summed E-state index contributed by atoms with van der Waals surface area (Å²) < 4.78 is 0. The molecule has 0 saturated carbocycles. The lowest BCUT2D eigenvalue weighted by atomic mass is 10.1. The zero-order chi connectivity index (χ0) is 13.4. The van der Waals surface area contributed by atoms with Crippen molar-refractivity contribution < 1.29 is 4.79 Å². The van der Waals surface area contributed by atoms with Gasteiger partial charge < -0.3 is 16.0 Å². The van der Waals surface area contributed by atoms with E-state index in [1.54, 1.807) is 11.9 Å². The zero-order valence-corrected chi connectivity index (χ0v) is 11.3. The van der Waals surface area contributed by atoms with Crippen LogP contribution in [-0.2, 0) is 13.1 Å². The van der Waals surface area contributed by atoms with E-state index in [9.17, 15) is 4.79 Å². The van der Waals surface area contributed by atoms with Crippen molar-refractivity contribution in [2.45, 2.75) is 13.1 Å². The molecule has 0 spiro atoms. The molecule has 1 aliphatic heterocycles. The van der Waals surface area contributed by atoms with E-state index < -0.39 is 0 Å². The highest BCUT2D eigenvalue weighted by atomic mass is 32.1. The molecular formula is C13H14N4OS. The van der Waals surface area contributed by atoms with E-state index in [-0.39, 0.29) is 5.91 Å². The number of nitrogens with one attached hydrogen (secondary N) is 1. The standard InChI is InChI=1S/C13H14N4OS/c1-15-13-16-11(14)10(19-13)12(18)17-6-8-4-2-3-5-9(8)7-17/h2-5H,6-7,14H2,1H3,(H,15,16). The van der Waals surface area contributed by atoms with Gasteiger partial charge in [0.25, 0.3) is 5.91 Å². The summed E-state index contributed by atoms with van der Waals surface area (Å²) in [5.41, 5.74) is 8.21. The van der Waals surface area contributed by atoms with Crippen LogP contribution < -0.4 is 11.1 Å². The molecule has 1 aromatic carbocycles. The average molecular weight is 274 g/mol. The SMILES string of the molecule is CNc1nc(N)c(C(=O)N2Cc3ccccc3C2)s1. The van der Waals surface area contributed by atoms with Crippen LogP contribution >= 0.6 is 11.3 Å². The van der Waals surface area contributed by atoms with Gasteiger partial charge in [0.1, 0.15) is 10.7 Å². The summed E-state index contributed by atoms with van der Waals surface area (Å²) in [6.07, 6.45) is 0. The number of carbonyl (C=O) groups is 1. The lowest BCUT2D eigenvalue weighted by Crippen LogP contribution is -2.25. The quantitative estimate of drug-likeness (QED) is 0.877. The zero-order valence-electron chi connectivity index (χ0n) is 10.5. The van der Waals surface area contributed by atoms with Gasteiger partial charge in [0.05, 0.1) is 0 Å². The van der Waals surface area contributed by atoms with Gasteiger partial charge in [-0.05, 0) is 11.1 Å². The minimum atomic E-state index is -0.0484. The first-order valence-corrected chi connectivity index (χ1v) is 6.81. The van der Waals surface area contributed by atoms with Crippen LogP contribution in [0.15, 0.2) is 24.3 Å². The molecular weight excluding hydrogens is 260 g/mol. The fourth-order valence-corrected chi connectivity index (χ4v) is 3.02. The summed E-state index contributed by atoms with van der Waals surface area (Å²) in [6.45, 7) is 1.28. The number of nitrogens with two attached hydrogens (primary N) is 1. The van der Waals surface area contributed by atoms with Crippen molar-refractivity contribution in [3.05, 3.63) is 40.3 Å². The van der Waals surface area contributed by atoms with Crippen LogP contribution in [0.5, 0.6) is 0 Å². The van der Waals surface area contributed by atoms with Crippen molar-refractivity contribution in [2.75, 3.05) is 18.1 Å². The van der Waals surface area contributed by atoms with Gasteiger partial charge in [0, 0.05) is 20.1 Å². The van der Waals surface area contributed by atoms with Crippen LogP contribution in [0.25, 0.3) is 0 Å². The number of anilines is 2. The van der Waals surface area contributed by atoms with Crippen LogP contribution in [0.2, 0.25) is 0 Å². The van der Waals surface area contributed by atoms with Crippen molar-refractivity contribution in [3.8, 4) is 0 Å². The number of benzene rings is 1. The molecule has 0 bridgehead atoms. The van der Waals surface area contributed by atoms with Gasteiger partial charge in [-0.2, -0.15) is 0 Å². The van der Waals surface area contributed by atoms with Crippen LogP contribution in [0.3, 0.4) is 0 Å². The lowest BCUT2D eigenvalue weighted by molar-refractivity contribution is 0.0757. The molecule has 98 valence electrons. The maximum Gasteiger partial charge on any atom is 0.268 e. The van der Waals surface area contributed by atoms with Gasteiger partial charge in [-0.25, -0.2) is 4.98 Å². The van der Waals surface area contributed by atoms with Gasteiger partial charge >= 0.3 is 0 Å². The van der Waals surface area contributed by atoms with Crippen molar-refractivity contribution in [3.63, 3.8) is 0 Å². The number of nitrogen functional groups attached to an aromatic ring is 1. The molecule has 6 heteroatoms. The molecule has 0 saturated heterocycles. The monoisotopic (exact) mass is 274 g/mol. The maximum absolute atomic E-state index is 12.5. The third-order valence-electron chi connectivity index (χ3n) is 3.19. The van der Waals surface area contributed by atoms with Gasteiger partial charge in [-0.15, -0.1) is 0 Å². The first kappa shape index (κ1) is 12.0. The molecule has 0 radical (unpaired) electrons. The summed E-state index contributed by atoms with van der Waals surface area (Å²) in [6, 6.07) is 8.09. The molecule has 1 aromatic heterocycles. The van der Waals surface area contributed by atoms with Crippen molar-refractivity contribution in [1.82, 2.24) is 9.88 Å². The largest absolute Gasteiger partial charge is 0.382 e. The molecule has 2 aromatic rings. The molecule has 0 atom stereocenters. The predicted molar refractivity (Wildman–Crippen MR) is 76.1 cm³/mol. The number of fused-ring (bicyclic) bond motifs is 1. The van der Waals surface area contributed by atoms with Crippen LogP contribution in [0.4, 0.5) is 10.9 Å². The summed E-state index contributed by atoms with van der Waals surface area (Å²) in [7, 11) is 1.76. The van der Waals surface area contributed by atoms with Crippen molar-refractivity contribution >= 4 is 28.2 Å². The maximum atomic E-state index is 12.5. The highest BCUT2D eigenvalue weighted by Gasteiger charge is 2.27. The average Bonchev–Trinajstić information content (AvgIpc) is 3.01. The Hall–Kier alpha value is -2.08. The number of rotatable bonds is 2. The summed E-state index contributed by atoms with van der Waals surface area (Å²) >= 11 is 1.29. The number of nitrogens with zero attached hydrogens (tertiary/aromatic N) is 2. The molecule has 0 fully saturated rings. The van der Waals surface area contributed by atoms with E-state index in [0.717, 1.165) is 0 Å². The highest BCUT2D eigenvalue weighted by Crippen LogP contribution is 2.29. The Morgan fingerprint density at radius 3 is 2.53 bits per heavy atom. The van der Waals surface area contributed by atoms with E-state index in [0.29, 0.717) is 28.9 Å². The number of carbonyl (C=O) groups excluding carboxylic acids is 1. The minimum absolute atomic E-state index is 0.0484. The predicted octanol–water partition coefficient (Wildman–Crippen LogP) is 1.92. The summed E-state index contributed by atoms with van der Waals surface area (Å²) in [5.74, 6) is 0.253. The Labute approximate surface area is 115 Å². The smallest absolute Gasteiger partial charge is 0.268 e. The van der Waals surface area contributed by atoms with Crippen LogP contribution in [-0.4, -0.2) is 22.8 Å². The normalized spacial score (nSPS) is 13.4. The molecule has 19 heavy (non-hydrogen) atoms. The molecule has 2 heterocycles. The lowest BCUT2D eigenvalue weighted by Gasteiger charge is -2.14. The number of hydrogen-bond donors (Lipinski definition) is 2. The molecule has 3 rings (SSSR count). The number of amides is 1. The third-order valence-corrected chi connectivity index (χ3v) is 4.27. The van der Waals surface area contributed by atoms with E-state index in [1.807, 2.05) is 12.1 Å². The van der Waals surface area contributed by atoms with E-state index >= 15 is 0 Å². The Kier molecular flexibility index (Phi) is 2.87. The first-order chi connectivity index (χ1) is 9.19. The topological polar surface area (TPSA) is 71.2 Å². The fourth-order valence-electron chi connectivity index (χ4n) is 2.21. The number of hydrogen-bond acceptors (Lipinski definition) is 5. The van der Waals surface area contributed by atoms with Gasteiger partial charge in [-0.3, -0.25) is 4.79 Å². The second-order valence-electron chi connectivity index (χ2n) is 4.41. The second-order valence-corrected chi connectivity index (χ2v) is 5.41. The van der Waals surface area contributed by atoms with Gasteiger partial charge in [0.2, 0.25) is 0 Å².